The summed E-state index contributed by atoms with van der Waals surface area (Å²) < 4.78 is 5.69. The fourth-order valence-corrected chi connectivity index (χ4v) is 6.61. The smallest absolute Gasteiger partial charge is 0.663 e. The molecule has 0 spiro atoms. The van der Waals surface area contributed by atoms with E-state index in [0.717, 1.165) is 49.9 Å². The summed E-state index contributed by atoms with van der Waals surface area (Å²) in [6, 6.07) is 34.4. The summed E-state index contributed by atoms with van der Waals surface area (Å²) in [6.07, 6.45) is 1.69. The average Bonchev–Trinajstić information content (AvgIpc) is 3.66. The van der Waals surface area contributed by atoms with Crippen molar-refractivity contribution in [3.8, 4) is 33.5 Å². The van der Waals surface area contributed by atoms with E-state index in [-0.39, 0.29) is 44.0 Å². The molecule has 0 fully saturated rings. The van der Waals surface area contributed by atoms with Gasteiger partial charge < -0.3 is 9.40 Å². The zero-order valence-electron chi connectivity index (χ0n) is 32.1. The van der Waals surface area contributed by atoms with Gasteiger partial charge in [0.05, 0.1) is 6.26 Å². The van der Waals surface area contributed by atoms with Crippen molar-refractivity contribution < 1.29 is 26.8 Å². The number of pyridine rings is 1. The van der Waals surface area contributed by atoms with Gasteiger partial charge in [0.2, 0.25) is 5.71 Å². The van der Waals surface area contributed by atoms with Crippen LogP contribution >= 0.6 is 0 Å². The number of fused-ring (bicyclic) bond motifs is 4. The van der Waals surface area contributed by atoms with Crippen LogP contribution in [0, 0.1) is 12.1 Å². The van der Waals surface area contributed by atoms with E-state index in [1.165, 1.54) is 33.0 Å². The van der Waals surface area contributed by atoms with Gasteiger partial charge in [-0.1, -0.05) is 131 Å². The molecule has 0 saturated carbocycles. The van der Waals surface area contributed by atoms with E-state index in [4.69, 9.17) is 14.4 Å². The minimum atomic E-state index is -0.0958. The first kappa shape index (κ1) is 36.9. The molecule has 4 aromatic carbocycles. The zero-order valence-corrected chi connectivity index (χ0v) is 34.3. The minimum absolute atomic E-state index is 0. The molecule has 3 aromatic heterocycles. The predicted molar refractivity (Wildman–Crippen MR) is 211 cm³/mol. The first-order valence-corrected chi connectivity index (χ1v) is 17.8. The van der Waals surface area contributed by atoms with Crippen LogP contribution in [0.1, 0.15) is 105 Å². The van der Waals surface area contributed by atoms with Crippen molar-refractivity contribution in [1.29, 1.82) is 0 Å². The number of nitrogens with zero attached hydrogens (tertiary/aromatic N) is 2. The minimum Gasteiger partial charge on any atom is -0.663 e. The second-order valence-electron chi connectivity index (χ2n) is 18.2. The molecule has 0 aliphatic heterocycles. The molecule has 3 heterocycles. The predicted octanol–water partition coefficient (Wildman–Crippen LogP) is 12.9. The molecule has 0 unspecified atom stereocenters. The molecule has 3 nitrogen and oxygen atoms in total. The van der Waals surface area contributed by atoms with E-state index in [0.29, 0.717) is 5.71 Å². The molecule has 0 atom stereocenters. The van der Waals surface area contributed by atoms with E-state index >= 15 is 0 Å². The van der Waals surface area contributed by atoms with Crippen LogP contribution in [0.4, 0.5) is 0 Å². The summed E-state index contributed by atoms with van der Waals surface area (Å²) in [4.78, 5) is 10.2. The van der Waals surface area contributed by atoms with Crippen LogP contribution in [0.5, 0.6) is 0 Å². The van der Waals surface area contributed by atoms with Crippen LogP contribution in [-0.4, -0.2) is 4.98 Å². The Morgan fingerprint density at radius 3 is 1.67 bits per heavy atom. The molecule has 0 N–H and O–H groups in total. The molecule has 0 radical (unpaired) electrons. The molecule has 0 bridgehead atoms. The van der Waals surface area contributed by atoms with Gasteiger partial charge in [-0.2, -0.15) is 40.9 Å². The van der Waals surface area contributed by atoms with Crippen LogP contribution in [-0.2, 0) is 44.0 Å². The Labute approximate surface area is 319 Å². The number of hydrogen-bond donors (Lipinski definition) is 0. The number of hydrogen-bond acceptors (Lipinski definition) is 2. The molecule has 7 aromatic rings. The largest absolute Gasteiger partial charge is 3.00 e. The van der Waals surface area contributed by atoms with Gasteiger partial charge in [0.25, 0.3) is 0 Å². The molecule has 0 amide bonds. The number of furan rings is 1. The van der Waals surface area contributed by atoms with Gasteiger partial charge in [-0.15, -0.1) is 39.9 Å². The fourth-order valence-electron chi connectivity index (χ4n) is 6.61. The maximum atomic E-state index is 5.69. The summed E-state index contributed by atoms with van der Waals surface area (Å²) in [5.74, 6) is 0. The normalized spacial score (nSPS) is 12.9. The third kappa shape index (κ3) is 7.14. The fraction of sp³-hybridized carbons (Fsp3) is 0.340. The van der Waals surface area contributed by atoms with E-state index in [9.17, 15) is 0 Å². The Morgan fingerprint density at radius 1 is 0.529 bits per heavy atom. The van der Waals surface area contributed by atoms with Gasteiger partial charge >= 0.3 is 22.4 Å². The summed E-state index contributed by atoms with van der Waals surface area (Å²) in [5.41, 5.74) is 13.5. The van der Waals surface area contributed by atoms with Gasteiger partial charge in [-0.25, -0.2) is 0 Å². The SMILES string of the molecule is CC(C)(C)c1cc(-c2[c-]c(-c3cc(C(C)(C)C)cc4c3[n-]c3ccc(C(C)(C)C)cc34)cc(C(C)(C)C)c2)[c-]c(-c2ccc3ccoc3n2)c1.[Au+3]. The van der Waals surface area contributed by atoms with Crippen molar-refractivity contribution in [2.75, 3.05) is 0 Å². The van der Waals surface area contributed by atoms with E-state index < -0.39 is 0 Å². The van der Waals surface area contributed by atoms with Crippen molar-refractivity contribution in [3.63, 3.8) is 0 Å². The summed E-state index contributed by atoms with van der Waals surface area (Å²) >= 11 is 0. The second kappa shape index (κ2) is 12.7. The Morgan fingerprint density at radius 2 is 1.06 bits per heavy atom. The molecule has 4 heteroatoms. The van der Waals surface area contributed by atoms with Gasteiger partial charge in [-0.05, 0) is 49.6 Å². The number of rotatable bonds is 3. The number of aromatic nitrogens is 2. The number of benzene rings is 4. The third-order valence-electron chi connectivity index (χ3n) is 10.0. The Kier molecular flexibility index (Phi) is 9.15. The monoisotopic (exact) mass is 854 g/mol. The van der Waals surface area contributed by atoms with Crippen LogP contribution < -0.4 is 4.98 Å². The Balaban J connectivity index is 0.00000448. The first-order valence-electron chi connectivity index (χ1n) is 17.8. The van der Waals surface area contributed by atoms with Crippen molar-refractivity contribution in [1.82, 2.24) is 9.97 Å². The third-order valence-corrected chi connectivity index (χ3v) is 10.0. The van der Waals surface area contributed by atoms with Crippen molar-refractivity contribution in [2.45, 2.75) is 105 Å². The van der Waals surface area contributed by atoms with E-state index in [1.54, 1.807) is 6.26 Å². The quantitative estimate of drug-likeness (QED) is 0.131. The molecule has 0 aliphatic rings. The van der Waals surface area contributed by atoms with E-state index in [1.807, 2.05) is 6.07 Å². The molecule has 51 heavy (non-hydrogen) atoms. The zero-order chi connectivity index (χ0) is 36.0. The average molecular weight is 855 g/mol. The van der Waals surface area contributed by atoms with Gasteiger partial charge in [0, 0.05) is 11.1 Å². The second-order valence-corrected chi connectivity index (χ2v) is 18.2. The van der Waals surface area contributed by atoms with Crippen molar-refractivity contribution in [3.05, 3.63) is 113 Å². The molecule has 264 valence electrons. The van der Waals surface area contributed by atoms with Crippen molar-refractivity contribution >= 4 is 32.9 Å². The first-order chi connectivity index (χ1) is 23.3. The van der Waals surface area contributed by atoms with Crippen molar-refractivity contribution in [2.24, 2.45) is 0 Å². The topological polar surface area (TPSA) is 40.1 Å². The summed E-state index contributed by atoms with van der Waals surface area (Å²) in [5, 5.41) is 3.40. The van der Waals surface area contributed by atoms with Crippen LogP contribution in [0.15, 0.2) is 83.5 Å². The Hall–Kier alpha value is -3.89. The molecule has 7 rings (SSSR count). The van der Waals surface area contributed by atoms with Crippen LogP contribution in [0.25, 0.3) is 66.4 Å². The molecule has 0 aliphatic carbocycles. The molecular weight excluding hydrogens is 805 g/mol. The molecular formula is C47H49AuN2O. The Bertz CT molecular complexity index is 2410. The van der Waals surface area contributed by atoms with E-state index in [2.05, 4.69) is 162 Å². The van der Waals surface area contributed by atoms with Gasteiger partial charge in [0.15, 0.2) is 0 Å². The van der Waals surface area contributed by atoms with Crippen LogP contribution in [0.3, 0.4) is 0 Å². The maximum absolute atomic E-state index is 5.69. The standard InChI is InChI=1S/C47H49N2O.Au/c1-44(2,3)33-14-16-41-38(25-33)39-27-36(47(10,11)12)26-37(42(39)48-41)31-19-29(21-34(23-31)45(4,5)6)30-20-32(24-35(22-30)46(7,8)9)40-15-13-28-17-18-50-43(28)49-40;/h13-18,21-27H,1-12H3;/q-3;+3. The maximum Gasteiger partial charge on any atom is 3.00 e. The summed E-state index contributed by atoms with van der Waals surface area (Å²) in [7, 11) is 0. The summed E-state index contributed by atoms with van der Waals surface area (Å²) in [6.45, 7) is 27.3. The van der Waals surface area contributed by atoms with Gasteiger partial charge in [0.1, 0.15) is 0 Å². The molecule has 0 saturated heterocycles. The van der Waals surface area contributed by atoms with Crippen LogP contribution in [0.2, 0.25) is 0 Å². The van der Waals surface area contributed by atoms with Gasteiger partial charge in [-0.3, -0.25) is 4.98 Å².